The third kappa shape index (κ3) is 4.55. The largest absolute Gasteiger partial charge is 0.497 e. The maximum Gasteiger partial charge on any atom is 0.134 e. The molecular weight excluding hydrogens is 210 g/mol. The topological polar surface area (TPSA) is 9.23 Å². The van der Waals surface area contributed by atoms with Crippen LogP contribution in [0.1, 0.15) is 0 Å². The van der Waals surface area contributed by atoms with Crippen molar-refractivity contribution < 1.29 is 13.5 Å². The average Bonchev–Trinajstić information content (AvgIpc) is 2.27. The maximum atomic E-state index is 13.4. The second-order valence-electron chi connectivity index (χ2n) is 2.90. The monoisotopic (exact) mass is 224 g/mol. The van der Waals surface area contributed by atoms with Gasteiger partial charge in [-0.1, -0.05) is 26.3 Å². The zero-order valence-electron chi connectivity index (χ0n) is 9.22. The van der Waals surface area contributed by atoms with Crippen LogP contribution >= 0.6 is 0 Å². The van der Waals surface area contributed by atoms with E-state index in [-0.39, 0.29) is 16.9 Å². The third-order valence-electron chi connectivity index (χ3n) is 1.73. The maximum absolute atomic E-state index is 13.4. The lowest BCUT2D eigenvalue weighted by Gasteiger charge is -2.03. The minimum absolute atomic E-state index is 0.0322. The summed E-state index contributed by atoms with van der Waals surface area (Å²) in [6.45, 7) is 13.6. The molecule has 0 saturated carbocycles. The first-order valence-electron chi connectivity index (χ1n) is 4.40. The Balaban J connectivity index is 4.82. The van der Waals surface area contributed by atoms with Crippen LogP contribution in [0, 0.1) is 0 Å². The van der Waals surface area contributed by atoms with E-state index in [9.17, 15) is 8.78 Å². The van der Waals surface area contributed by atoms with E-state index in [0.29, 0.717) is 0 Å². The van der Waals surface area contributed by atoms with Crippen LogP contribution in [-0.4, -0.2) is 7.11 Å². The van der Waals surface area contributed by atoms with Gasteiger partial charge in [-0.2, -0.15) is 0 Å². The van der Waals surface area contributed by atoms with Crippen molar-refractivity contribution in [3.63, 3.8) is 0 Å². The van der Waals surface area contributed by atoms with Crippen LogP contribution in [0.15, 0.2) is 73.1 Å². The van der Waals surface area contributed by atoms with Gasteiger partial charge >= 0.3 is 0 Å². The number of halogens is 2. The summed E-state index contributed by atoms with van der Waals surface area (Å²) in [5.41, 5.74) is 0.0882. The van der Waals surface area contributed by atoms with E-state index in [0.717, 1.165) is 18.2 Å². The molecule has 0 bridgehead atoms. The van der Waals surface area contributed by atoms with E-state index >= 15 is 0 Å². The summed E-state index contributed by atoms with van der Waals surface area (Å²) in [7, 11) is 1.36. The molecule has 0 radical (unpaired) electrons. The molecule has 0 amide bonds. The molecule has 86 valence electrons. The van der Waals surface area contributed by atoms with Crippen molar-refractivity contribution in [2.24, 2.45) is 0 Å². The second-order valence-corrected chi connectivity index (χ2v) is 2.90. The first-order valence-corrected chi connectivity index (χ1v) is 4.40. The summed E-state index contributed by atoms with van der Waals surface area (Å²) in [4.78, 5) is 0. The van der Waals surface area contributed by atoms with Crippen molar-refractivity contribution in [1.29, 1.82) is 0 Å². The number of methoxy groups -OCH3 is 1. The minimum atomic E-state index is -0.676. The van der Waals surface area contributed by atoms with Gasteiger partial charge in [-0.3, -0.25) is 0 Å². The fraction of sp³-hybridized carbons (Fsp3) is 0.0769. The molecule has 0 aliphatic rings. The van der Waals surface area contributed by atoms with E-state index in [1.54, 1.807) is 0 Å². The highest BCUT2D eigenvalue weighted by Gasteiger charge is 2.05. The molecule has 16 heavy (non-hydrogen) atoms. The van der Waals surface area contributed by atoms with E-state index in [1.165, 1.54) is 7.11 Å². The summed E-state index contributed by atoms with van der Waals surface area (Å²) in [6.07, 6.45) is 3.08. The Morgan fingerprint density at radius 3 is 2.12 bits per heavy atom. The summed E-state index contributed by atoms with van der Waals surface area (Å²) in [5.74, 6) is -1.14. The van der Waals surface area contributed by atoms with Gasteiger partial charge in [0.25, 0.3) is 0 Å². The van der Waals surface area contributed by atoms with Crippen molar-refractivity contribution in [3.05, 3.63) is 73.1 Å². The molecular formula is C13H14F2O. The van der Waals surface area contributed by atoms with Gasteiger partial charge in [-0.05, 0) is 17.7 Å². The first-order chi connectivity index (χ1) is 7.42. The predicted molar refractivity (Wildman–Crippen MR) is 63.0 cm³/mol. The lowest BCUT2D eigenvalue weighted by molar-refractivity contribution is 0.307. The van der Waals surface area contributed by atoms with Crippen molar-refractivity contribution in [2.75, 3.05) is 7.11 Å². The van der Waals surface area contributed by atoms with Gasteiger partial charge in [-0.15, -0.1) is 0 Å². The molecule has 3 heteroatoms. The molecule has 0 spiro atoms. The standard InChI is InChI=1S/C13H14F2O/c1-6-12(14)7-9(2)11(4)13(15)8-10(3)16-5/h6-8H,1-4H2,5H3/b12-7+,13-8+. The van der Waals surface area contributed by atoms with Crippen LogP contribution in [-0.2, 0) is 4.74 Å². The predicted octanol–water partition coefficient (Wildman–Crippen LogP) is 4.15. The number of hydrogen-bond donors (Lipinski definition) is 0. The fourth-order valence-corrected chi connectivity index (χ4v) is 0.753. The molecule has 1 nitrogen and oxygen atoms in total. The molecule has 0 aromatic rings. The van der Waals surface area contributed by atoms with Gasteiger partial charge in [0.05, 0.1) is 7.11 Å². The Labute approximate surface area is 94.4 Å². The van der Waals surface area contributed by atoms with Crippen LogP contribution in [0.25, 0.3) is 0 Å². The summed E-state index contributed by atoms with van der Waals surface area (Å²) in [5, 5.41) is 0. The summed E-state index contributed by atoms with van der Waals surface area (Å²) < 4.78 is 30.9. The Morgan fingerprint density at radius 1 is 1.12 bits per heavy atom. The SMILES string of the molecule is C=C/C(F)=C\C(=C)C(=C)/C(F)=C\C(=C)OC. The van der Waals surface area contributed by atoms with E-state index < -0.39 is 11.7 Å². The summed E-state index contributed by atoms with van der Waals surface area (Å²) >= 11 is 0. The summed E-state index contributed by atoms with van der Waals surface area (Å²) in [6, 6.07) is 0. The van der Waals surface area contributed by atoms with Gasteiger partial charge in [0.1, 0.15) is 17.4 Å². The Kier molecular flexibility index (Phi) is 5.78. The lowest BCUT2D eigenvalue weighted by atomic mass is 10.1. The normalized spacial score (nSPS) is 11.9. The average molecular weight is 224 g/mol. The van der Waals surface area contributed by atoms with E-state index in [1.807, 2.05) is 0 Å². The van der Waals surface area contributed by atoms with E-state index in [4.69, 9.17) is 0 Å². The highest BCUT2D eigenvalue weighted by Crippen LogP contribution is 2.21. The second kappa shape index (κ2) is 6.56. The Morgan fingerprint density at radius 2 is 1.69 bits per heavy atom. The highest BCUT2D eigenvalue weighted by atomic mass is 19.1. The third-order valence-corrected chi connectivity index (χ3v) is 1.73. The van der Waals surface area contributed by atoms with Crippen molar-refractivity contribution >= 4 is 0 Å². The molecule has 0 rings (SSSR count). The fourth-order valence-electron chi connectivity index (χ4n) is 0.753. The molecule has 0 heterocycles. The zero-order valence-corrected chi connectivity index (χ0v) is 9.22. The van der Waals surface area contributed by atoms with Gasteiger partial charge in [0.2, 0.25) is 0 Å². The number of ether oxygens (including phenoxy) is 1. The van der Waals surface area contributed by atoms with E-state index in [2.05, 4.69) is 31.1 Å². The molecule has 0 aromatic carbocycles. The molecule has 0 fully saturated rings. The van der Waals surface area contributed by atoms with Crippen LogP contribution in [0.5, 0.6) is 0 Å². The Bertz CT molecular complexity index is 387. The molecule has 0 aliphatic heterocycles. The molecule has 0 aliphatic carbocycles. The smallest absolute Gasteiger partial charge is 0.134 e. The highest BCUT2D eigenvalue weighted by molar-refractivity contribution is 5.48. The number of allylic oxidation sites excluding steroid dienone is 7. The van der Waals surface area contributed by atoms with Crippen LogP contribution in [0.2, 0.25) is 0 Å². The number of hydrogen-bond acceptors (Lipinski definition) is 1. The van der Waals surface area contributed by atoms with Gasteiger partial charge in [-0.25, -0.2) is 8.78 Å². The number of rotatable bonds is 6. The van der Waals surface area contributed by atoms with Gasteiger partial charge < -0.3 is 4.74 Å². The quantitative estimate of drug-likeness (QED) is 0.486. The first kappa shape index (κ1) is 14.1. The zero-order chi connectivity index (χ0) is 12.7. The Hall–Kier alpha value is -1.90. The molecule has 0 N–H and O–H groups in total. The lowest BCUT2D eigenvalue weighted by Crippen LogP contribution is -1.88. The minimum Gasteiger partial charge on any atom is -0.497 e. The van der Waals surface area contributed by atoms with Crippen molar-refractivity contribution in [3.8, 4) is 0 Å². The molecule has 0 atom stereocenters. The van der Waals surface area contributed by atoms with Gasteiger partial charge in [0, 0.05) is 11.6 Å². The molecule has 0 saturated heterocycles. The molecule has 0 aromatic heterocycles. The van der Waals surface area contributed by atoms with Crippen molar-refractivity contribution in [2.45, 2.75) is 0 Å². The van der Waals surface area contributed by atoms with Crippen LogP contribution in [0.4, 0.5) is 8.78 Å². The van der Waals surface area contributed by atoms with Crippen LogP contribution in [0.3, 0.4) is 0 Å². The molecule has 0 unspecified atom stereocenters. The van der Waals surface area contributed by atoms with Gasteiger partial charge in [0.15, 0.2) is 0 Å². The van der Waals surface area contributed by atoms with Crippen LogP contribution < -0.4 is 0 Å². The van der Waals surface area contributed by atoms with Crippen molar-refractivity contribution in [1.82, 2.24) is 0 Å².